The number of aromatic hydroxyl groups is 1. The SMILES string of the molecule is Cc1cc(Cl)ccc1C(=O)N(C)c1cccc(O)c1. The van der Waals surface area contributed by atoms with Crippen molar-refractivity contribution in [2.24, 2.45) is 0 Å². The maximum absolute atomic E-state index is 12.4. The van der Waals surface area contributed by atoms with Crippen LogP contribution in [0.15, 0.2) is 42.5 Å². The second kappa shape index (κ2) is 5.33. The zero-order chi connectivity index (χ0) is 14.0. The van der Waals surface area contributed by atoms with Gasteiger partial charge in [0, 0.05) is 29.4 Å². The molecule has 0 atom stereocenters. The van der Waals surface area contributed by atoms with Gasteiger partial charge in [-0.25, -0.2) is 0 Å². The van der Waals surface area contributed by atoms with Crippen LogP contribution < -0.4 is 4.90 Å². The minimum Gasteiger partial charge on any atom is -0.508 e. The van der Waals surface area contributed by atoms with E-state index in [0.29, 0.717) is 16.3 Å². The van der Waals surface area contributed by atoms with Crippen LogP contribution in [-0.4, -0.2) is 18.1 Å². The van der Waals surface area contributed by atoms with Gasteiger partial charge < -0.3 is 10.0 Å². The second-order valence-electron chi connectivity index (χ2n) is 4.34. The number of nitrogens with zero attached hydrogens (tertiary/aromatic N) is 1. The number of carbonyl (C=O) groups excluding carboxylic acids is 1. The summed E-state index contributed by atoms with van der Waals surface area (Å²) in [5.74, 6) is -0.00950. The molecule has 1 N–H and O–H groups in total. The van der Waals surface area contributed by atoms with Gasteiger partial charge in [-0.1, -0.05) is 17.7 Å². The van der Waals surface area contributed by atoms with E-state index in [2.05, 4.69) is 0 Å². The first kappa shape index (κ1) is 13.4. The topological polar surface area (TPSA) is 40.5 Å². The van der Waals surface area contributed by atoms with Crippen molar-refractivity contribution in [2.75, 3.05) is 11.9 Å². The van der Waals surface area contributed by atoms with Crippen molar-refractivity contribution in [3.8, 4) is 5.75 Å². The van der Waals surface area contributed by atoms with Crippen molar-refractivity contribution >= 4 is 23.2 Å². The fourth-order valence-corrected chi connectivity index (χ4v) is 2.09. The zero-order valence-corrected chi connectivity index (χ0v) is 11.5. The van der Waals surface area contributed by atoms with Gasteiger partial charge in [-0.2, -0.15) is 0 Å². The van der Waals surface area contributed by atoms with Crippen LogP contribution in [0.2, 0.25) is 5.02 Å². The van der Waals surface area contributed by atoms with Gasteiger partial charge in [-0.15, -0.1) is 0 Å². The highest BCUT2D eigenvalue weighted by Crippen LogP contribution is 2.22. The van der Waals surface area contributed by atoms with E-state index in [1.54, 1.807) is 49.5 Å². The molecule has 0 unspecified atom stereocenters. The molecule has 19 heavy (non-hydrogen) atoms. The third-order valence-corrected chi connectivity index (χ3v) is 3.18. The Bertz CT molecular complexity index is 625. The van der Waals surface area contributed by atoms with Crippen LogP contribution in [0.25, 0.3) is 0 Å². The van der Waals surface area contributed by atoms with E-state index in [-0.39, 0.29) is 11.7 Å². The van der Waals surface area contributed by atoms with Gasteiger partial charge in [0.15, 0.2) is 0 Å². The number of amides is 1. The molecule has 2 aromatic rings. The monoisotopic (exact) mass is 275 g/mol. The summed E-state index contributed by atoms with van der Waals surface area (Å²) in [5.41, 5.74) is 2.05. The summed E-state index contributed by atoms with van der Waals surface area (Å²) >= 11 is 5.88. The van der Waals surface area contributed by atoms with E-state index >= 15 is 0 Å². The van der Waals surface area contributed by atoms with E-state index in [4.69, 9.17) is 11.6 Å². The Kier molecular flexibility index (Phi) is 3.76. The van der Waals surface area contributed by atoms with Crippen molar-refractivity contribution in [2.45, 2.75) is 6.92 Å². The van der Waals surface area contributed by atoms with E-state index in [1.165, 1.54) is 4.90 Å². The third-order valence-electron chi connectivity index (χ3n) is 2.94. The fraction of sp³-hybridized carbons (Fsp3) is 0.133. The van der Waals surface area contributed by atoms with Crippen LogP contribution in [0.1, 0.15) is 15.9 Å². The van der Waals surface area contributed by atoms with Crippen LogP contribution >= 0.6 is 11.6 Å². The molecule has 1 amide bonds. The molecule has 3 nitrogen and oxygen atoms in total. The Labute approximate surface area is 117 Å². The minimum absolute atomic E-state index is 0.130. The molecule has 0 heterocycles. The molecule has 0 aliphatic carbocycles. The summed E-state index contributed by atoms with van der Waals surface area (Å²) in [5, 5.41) is 10.1. The lowest BCUT2D eigenvalue weighted by atomic mass is 10.1. The molecule has 0 aromatic heterocycles. The van der Waals surface area contributed by atoms with Crippen molar-refractivity contribution in [3.63, 3.8) is 0 Å². The van der Waals surface area contributed by atoms with Gasteiger partial charge in [-0.3, -0.25) is 4.79 Å². The molecule has 0 aliphatic rings. The molecule has 98 valence electrons. The quantitative estimate of drug-likeness (QED) is 0.909. The molecule has 2 aromatic carbocycles. The number of halogens is 1. The molecule has 0 saturated heterocycles. The van der Waals surface area contributed by atoms with Gasteiger partial charge in [-0.05, 0) is 42.8 Å². The number of anilines is 1. The van der Waals surface area contributed by atoms with E-state index < -0.39 is 0 Å². The number of phenols is 1. The minimum atomic E-state index is -0.139. The first-order valence-electron chi connectivity index (χ1n) is 5.82. The van der Waals surface area contributed by atoms with Gasteiger partial charge in [0.05, 0.1) is 0 Å². The molecule has 0 saturated carbocycles. The van der Waals surface area contributed by atoms with Crippen LogP contribution in [0, 0.1) is 6.92 Å². The lowest BCUT2D eigenvalue weighted by molar-refractivity contribution is 0.0992. The Morgan fingerprint density at radius 1 is 1.21 bits per heavy atom. The predicted molar refractivity (Wildman–Crippen MR) is 77.0 cm³/mol. The highest BCUT2D eigenvalue weighted by atomic mass is 35.5. The Balaban J connectivity index is 2.33. The molecule has 0 aliphatic heterocycles. The van der Waals surface area contributed by atoms with E-state index in [1.807, 2.05) is 6.92 Å². The van der Waals surface area contributed by atoms with Crippen molar-refractivity contribution in [1.82, 2.24) is 0 Å². The van der Waals surface area contributed by atoms with Gasteiger partial charge in [0.1, 0.15) is 5.75 Å². The lowest BCUT2D eigenvalue weighted by Gasteiger charge is -2.18. The summed E-state index contributed by atoms with van der Waals surface area (Å²) in [6.07, 6.45) is 0. The van der Waals surface area contributed by atoms with Crippen LogP contribution in [0.3, 0.4) is 0 Å². The van der Waals surface area contributed by atoms with E-state index in [0.717, 1.165) is 5.56 Å². The summed E-state index contributed by atoms with van der Waals surface area (Å²) < 4.78 is 0. The first-order chi connectivity index (χ1) is 8.99. The molecule has 4 heteroatoms. The first-order valence-corrected chi connectivity index (χ1v) is 6.20. The fourth-order valence-electron chi connectivity index (χ4n) is 1.87. The van der Waals surface area contributed by atoms with Crippen LogP contribution in [-0.2, 0) is 0 Å². The van der Waals surface area contributed by atoms with Gasteiger partial charge in [0.2, 0.25) is 0 Å². The maximum Gasteiger partial charge on any atom is 0.258 e. The normalized spacial score (nSPS) is 10.3. The largest absolute Gasteiger partial charge is 0.508 e. The zero-order valence-electron chi connectivity index (χ0n) is 10.7. The maximum atomic E-state index is 12.4. The summed E-state index contributed by atoms with van der Waals surface area (Å²) in [6.45, 7) is 1.84. The summed E-state index contributed by atoms with van der Waals surface area (Å²) in [7, 11) is 1.67. The highest BCUT2D eigenvalue weighted by molar-refractivity contribution is 6.30. The standard InChI is InChI=1S/C15H14ClNO2/c1-10-8-11(16)6-7-14(10)15(19)17(2)12-4-3-5-13(18)9-12/h3-9,18H,1-2H3. The second-order valence-corrected chi connectivity index (χ2v) is 4.78. The van der Waals surface area contributed by atoms with Gasteiger partial charge >= 0.3 is 0 Å². The molecule has 0 fully saturated rings. The smallest absolute Gasteiger partial charge is 0.258 e. The number of hydrogen-bond acceptors (Lipinski definition) is 2. The molecular formula is C15H14ClNO2. The number of hydrogen-bond donors (Lipinski definition) is 1. The number of phenolic OH excluding ortho intramolecular Hbond substituents is 1. The number of carbonyl (C=O) groups is 1. The average Bonchev–Trinajstić information content (AvgIpc) is 2.37. The van der Waals surface area contributed by atoms with Gasteiger partial charge in [0.25, 0.3) is 5.91 Å². The Hall–Kier alpha value is -2.00. The summed E-state index contributed by atoms with van der Waals surface area (Å²) in [4.78, 5) is 13.9. The predicted octanol–water partition coefficient (Wildman–Crippen LogP) is 3.63. The van der Waals surface area contributed by atoms with Crippen LogP contribution in [0.5, 0.6) is 5.75 Å². The number of aryl methyl sites for hydroxylation is 1. The highest BCUT2D eigenvalue weighted by Gasteiger charge is 2.15. The third kappa shape index (κ3) is 2.88. The van der Waals surface area contributed by atoms with Crippen molar-refractivity contribution in [3.05, 3.63) is 58.6 Å². The number of rotatable bonds is 2. The Morgan fingerprint density at radius 3 is 2.58 bits per heavy atom. The van der Waals surface area contributed by atoms with Crippen LogP contribution in [0.4, 0.5) is 5.69 Å². The molecule has 0 bridgehead atoms. The molecule has 2 rings (SSSR count). The summed E-state index contributed by atoms with van der Waals surface area (Å²) in [6, 6.07) is 11.7. The van der Waals surface area contributed by atoms with Crippen molar-refractivity contribution in [1.29, 1.82) is 0 Å². The number of benzene rings is 2. The molecule has 0 radical (unpaired) electrons. The molecule has 0 spiro atoms. The van der Waals surface area contributed by atoms with E-state index in [9.17, 15) is 9.90 Å². The van der Waals surface area contributed by atoms with Crippen molar-refractivity contribution < 1.29 is 9.90 Å². The average molecular weight is 276 g/mol. The lowest BCUT2D eigenvalue weighted by Crippen LogP contribution is -2.26. The Morgan fingerprint density at radius 2 is 1.95 bits per heavy atom. The molecular weight excluding hydrogens is 262 g/mol.